The van der Waals surface area contributed by atoms with E-state index in [2.05, 4.69) is 51.2 Å². The molecule has 28 heavy (non-hydrogen) atoms. The Balaban J connectivity index is 1.92. The molecule has 152 valence electrons. The minimum absolute atomic E-state index is 0.00746. The van der Waals surface area contributed by atoms with Gasteiger partial charge in [-0.25, -0.2) is 0 Å². The Morgan fingerprint density at radius 3 is 2.21 bits per heavy atom. The fraction of sp³-hybridized carbons (Fsp3) is 0.458. The molecule has 0 atom stereocenters. The van der Waals surface area contributed by atoms with Crippen molar-refractivity contribution < 1.29 is 9.53 Å². The van der Waals surface area contributed by atoms with E-state index in [0.29, 0.717) is 31.5 Å². The highest BCUT2D eigenvalue weighted by Crippen LogP contribution is 2.32. The molecule has 0 aliphatic rings. The smallest absolute Gasteiger partial charge is 0.238 e. The van der Waals surface area contributed by atoms with Gasteiger partial charge in [-0.1, -0.05) is 58.0 Å². The summed E-state index contributed by atoms with van der Waals surface area (Å²) < 4.78 is 5.79. The van der Waals surface area contributed by atoms with E-state index in [1.807, 2.05) is 43.1 Å². The van der Waals surface area contributed by atoms with Gasteiger partial charge in [0.25, 0.3) is 0 Å². The first kappa shape index (κ1) is 22.0. The Kier molecular flexibility index (Phi) is 8.06. The molecule has 0 bridgehead atoms. The molecule has 0 aliphatic heterocycles. The van der Waals surface area contributed by atoms with Crippen LogP contribution in [0.4, 0.5) is 5.69 Å². The van der Waals surface area contributed by atoms with Gasteiger partial charge in [0.15, 0.2) is 0 Å². The summed E-state index contributed by atoms with van der Waals surface area (Å²) in [5.74, 6) is 1.59. The first-order valence-electron chi connectivity index (χ1n) is 10.1. The maximum Gasteiger partial charge on any atom is 0.238 e. The van der Waals surface area contributed by atoms with Crippen molar-refractivity contribution in [1.82, 2.24) is 4.90 Å². The summed E-state index contributed by atoms with van der Waals surface area (Å²) in [5.41, 5.74) is 4.52. The van der Waals surface area contributed by atoms with Crippen LogP contribution >= 0.6 is 0 Å². The number of amides is 1. The molecule has 0 saturated carbocycles. The fourth-order valence-corrected chi connectivity index (χ4v) is 3.22. The third kappa shape index (κ3) is 6.38. The van der Waals surface area contributed by atoms with Crippen LogP contribution in [-0.4, -0.2) is 37.6 Å². The van der Waals surface area contributed by atoms with Gasteiger partial charge < -0.3 is 10.1 Å². The third-order valence-electron chi connectivity index (χ3n) is 4.78. The third-order valence-corrected chi connectivity index (χ3v) is 4.78. The van der Waals surface area contributed by atoms with Crippen molar-refractivity contribution in [2.45, 2.75) is 46.5 Å². The van der Waals surface area contributed by atoms with Gasteiger partial charge in [0.2, 0.25) is 5.91 Å². The maximum absolute atomic E-state index is 12.7. The van der Waals surface area contributed by atoms with E-state index in [9.17, 15) is 4.79 Å². The molecule has 2 aromatic carbocycles. The number of hydrogen-bond acceptors (Lipinski definition) is 3. The van der Waals surface area contributed by atoms with Crippen LogP contribution in [0.25, 0.3) is 0 Å². The van der Waals surface area contributed by atoms with Crippen molar-refractivity contribution in [2.24, 2.45) is 0 Å². The Morgan fingerprint density at radius 2 is 1.64 bits per heavy atom. The predicted molar refractivity (Wildman–Crippen MR) is 117 cm³/mol. The molecule has 0 spiro atoms. The monoisotopic (exact) mass is 382 g/mol. The minimum Gasteiger partial charge on any atom is -0.492 e. The number of nitrogens with zero attached hydrogens (tertiary/aromatic N) is 1. The van der Waals surface area contributed by atoms with E-state index < -0.39 is 0 Å². The number of carbonyl (C=O) groups excluding carboxylic acids is 1. The molecule has 0 aliphatic carbocycles. The number of ether oxygens (including phenoxy) is 1. The second-order valence-corrected chi connectivity index (χ2v) is 8.07. The number of rotatable bonds is 9. The van der Waals surface area contributed by atoms with E-state index in [1.165, 1.54) is 16.7 Å². The van der Waals surface area contributed by atoms with Gasteiger partial charge in [0.05, 0.1) is 6.54 Å². The molecular weight excluding hydrogens is 348 g/mol. The summed E-state index contributed by atoms with van der Waals surface area (Å²) in [6, 6.07) is 14.3. The molecule has 2 aromatic rings. The Hall–Kier alpha value is -2.33. The second kappa shape index (κ2) is 10.3. The van der Waals surface area contributed by atoms with Crippen LogP contribution < -0.4 is 10.1 Å². The van der Waals surface area contributed by atoms with Crippen molar-refractivity contribution in [3.8, 4) is 5.75 Å². The molecule has 0 fully saturated rings. The van der Waals surface area contributed by atoms with Crippen molar-refractivity contribution >= 4 is 11.6 Å². The highest BCUT2D eigenvalue weighted by Gasteiger charge is 2.16. The lowest BCUT2D eigenvalue weighted by molar-refractivity contribution is -0.117. The molecule has 4 heteroatoms. The molecule has 0 radical (unpaired) electrons. The number of para-hydroxylation sites is 1. The maximum atomic E-state index is 12.7. The standard InChI is InChI=1S/C24H34N2O2/c1-17(2)21-11-8-12-22(18(3)4)24(21)25-23(27)16-26(6)13-14-28-20-10-7-9-19(5)15-20/h7-12,15,17-18H,13-14,16H2,1-6H3,(H,25,27). The first-order valence-corrected chi connectivity index (χ1v) is 10.1. The largest absolute Gasteiger partial charge is 0.492 e. The van der Waals surface area contributed by atoms with Crippen LogP contribution in [0.5, 0.6) is 5.75 Å². The number of benzene rings is 2. The quantitative estimate of drug-likeness (QED) is 0.649. The summed E-state index contributed by atoms with van der Waals surface area (Å²) in [6.45, 7) is 12.2. The molecule has 0 aromatic heterocycles. The number of hydrogen-bond donors (Lipinski definition) is 1. The van der Waals surface area contributed by atoms with E-state index in [4.69, 9.17) is 4.74 Å². The lowest BCUT2D eigenvalue weighted by Crippen LogP contribution is -2.33. The van der Waals surface area contributed by atoms with E-state index in [1.54, 1.807) is 0 Å². The van der Waals surface area contributed by atoms with Crippen LogP contribution in [0.2, 0.25) is 0 Å². The van der Waals surface area contributed by atoms with Crippen molar-refractivity contribution in [2.75, 3.05) is 32.1 Å². The van der Waals surface area contributed by atoms with Gasteiger partial charge >= 0.3 is 0 Å². The highest BCUT2D eigenvalue weighted by molar-refractivity contribution is 5.94. The van der Waals surface area contributed by atoms with E-state index in [-0.39, 0.29) is 5.91 Å². The minimum atomic E-state index is 0.00746. The zero-order chi connectivity index (χ0) is 20.7. The lowest BCUT2D eigenvalue weighted by Gasteiger charge is -2.22. The molecular formula is C24H34N2O2. The molecule has 0 heterocycles. The normalized spacial score (nSPS) is 11.3. The molecule has 1 amide bonds. The van der Waals surface area contributed by atoms with Crippen LogP contribution in [0.1, 0.15) is 56.2 Å². The molecule has 4 nitrogen and oxygen atoms in total. The summed E-state index contributed by atoms with van der Waals surface area (Å²) >= 11 is 0. The summed E-state index contributed by atoms with van der Waals surface area (Å²) in [4.78, 5) is 14.6. The lowest BCUT2D eigenvalue weighted by atomic mass is 9.92. The molecule has 0 unspecified atom stereocenters. The van der Waals surface area contributed by atoms with Gasteiger partial charge in [-0.2, -0.15) is 0 Å². The van der Waals surface area contributed by atoms with Crippen LogP contribution in [0.15, 0.2) is 42.5 Å². The number of nitrogens with one attached hydrogen (secondary N) is 1. The van der Waals surface area contributed by atoms with Crippen LogP contribution in [-0.2, 0) is 4.79 Å². The zero-order valence-electron chi connectivity index (χ0n) is 18.1. The second-order valence-electron chi connectivity index (χ2n) is 8.07. The van der Waals surface area contributed by atoms with Gasteiger partial charge in [-0.15, -0.1) is 0 Å². The van der Waals surface area contributed by atoms with Gasteiger partial charge in [0.1, 0.15) is 12.4 Å². The number of likely N-dealkylation sites (N-methyl/N-ethyl adjacent to an activating group) is 1. The van der Waals surface area contributed by atoms with Gasteiger partial charge in [-0.3, -0.25) is 9.69 Å². The van der Waals surface area contributed by atoms with Crippen molar-refractivity contribution in [3.63, 3.8) is 0 Å². The molecule has 0 saturated heterocycles. The average Bonchev–Trinajstić information content (AvgIpc) is 2.61. The summed E-state index contributed by atoms with van der Waals surface area (Å²) in [6.07, 6.45) is 0. The predicted octanol–water partition coefficient (Wildman–Crippen LogP) is 5.19. The van der Waals surface area contributed by atoms with Gasteiger partial charge in [-0.05, 0) is 54.6 Å². The first-order chi connectivity index (χ1) is 13.3. The Labute approximate surface area is 169 Å². The fourth-order valence-electron chi connectivity index (χ4n) is 3.22. The van der Waals surface area contributed by atoms with Crippen LogP contribution in [0.3, 0.4) is 0 Å². The SMILES string of the molecule is Cc1cccc(OCCN(C)CC(=O)Nc2c(C(C)C)cccc2C(C)C)c1. The number of anilines is 1. The van der Waals surface area contributed by atoms with Crippen molar-refractivity contribution in [3.05, 3.63) is 59.2 Å². The summed E-state index contributed by atoms with van der Waals surface area (Å²) in [5, 5.41) is 3.17. The Morgan fingerprint density at radius 1 is 1.04 bits per heavy atom. The topological polar surface area (TPSA) is 41.6 Å². The Bertz CT molecular complexity index is 758. The number of carbonyl (C=O) groups is 1. The zero-order valence-corrected chi connectivity index (χ0v) is 18.1. The van der Waals surface area contributed by atoms with E-state index in [0.717, 1.165) is 11.4 Å². The van der Waals surface area contributed by atoms with Crippen molar-refractivity contribution in [1.29, 1.82) is 0 Å². The number of aryl methyl sites for hydroxylation is 1. The molecule has 1 N–H and O–H groups in total. The summed E-state index contributed by atoms with van der Waals surface area (Å²) in [7, 11) is 1.94. The average molecular weight is 383 g/mol. The highest BCUT2D eigenvalue weighted by atomic mass is 16.5. The molecule has 2 rings (SSSR count). The van der Waals surface area contributed by atoms with Gasteiger partial charge in [0, 0.05) is 12.2 Å². The van der Waals surface area contributed by atoms with E-state index >= 15 is 0 Å². The van der Waals surface area contributed by atoms with Crippen LogP contribution in [0, 0.1) is 6.92 Å².